The molecule has 0 bridgehead atoms. The first-order chi connectivity index (χ1) is 15.2. The maximum Gasteiger partial charge on any atom is 0.250 e. The third kappa shape index (κ3) is 3.82. The smallest absolute Gasteiger partial charge is 0.250 e. The van der Waals surface area contributed by atoms with Gasteiger partial charge in [-0.3, -0.25) is 9.59 Å². The number of amides is 2. The summed E-state index contributed by atoms with van der Waals surface area (Å²) in [5.74, 6) is 0.559. The second-order valence-corrected chi connectivity index (χ2v) is 8.60. The SMILES string of the molecule is O=C(C(c1ccccc1)N1CCCCC1=O)N1CCC(c2c[nH]c3ncccc23)CC1. The van der Waals surface area contributed by atoms with Crippen LogP contribution in [0.1, 0.15) is 55.2 Å². The summed E-state index contributed by atoms with van der Waals surface area (Å²) in [5.41, 5.74) is 3.12. The van der Waals surface area contributed by atoms with E-state index in [9.17, 15) is 9.59 Å². The number of nitrogens with one attached hydrogen (secondary N) is 1. The average Bonchev–Trinajstić information content (AvgIpc) is 3.25. The summed E-state index contributed by atoms with van der Waals surface area (Å²) in [6.45, 7) is 2.08. The van der Waals surface area contributed by atoms with Gasteiger partial charge in [-0.05, 0) is 54.9 Å². The fourth-order valence-corrected chi connectivity index (χ4v) is 5.09. The zero-order chi connectivity index (χ0) is 21.2. The number of aromatic amines is 1. The Morgan fingerprint density at radius 2 is 1.84 bits per heavy atom. The van der Waals surface area contributed by atoms with Gasteiger partial charge in [-0.1, -0.05) is 30.3 Å². The highest BCUT2D eigenvalue weighted by atomic mass is 16.2. The molecule has 2 saturated heterocycles. The zero-order valence-electron chi connectivity index (χ0n) is 17.7. The van der Waals surface area contributed by atoms with Crippen LogP contribution in [0.25, 0.3) is 11.0 Å². The van der Waals surface area contributed by atoms with E-state index in [1.165, 1.54) is 10.9 Å². The summed E-state index contributed by atoms with van der Waals surface area (Å²) in [6, 6.07) is 13.3. The van der Waals surface area contributed by atoms with Gasteiger partial charge in [0.15, 0.2) is 0 Å². The van der Waals surface area contributed by atoms with Crippen LogP contribution >= 0.6 is 0 Å². The van der Waals surface area contributed by atoms with Crippen molar-refractivity contribution in [1.29, 1.82) is 0 Å². The summed E-state index contributed by atoms with van der Waals surface area (Å²) >= 11 is 0. The van der Waals surface area contributed by atoms with Crippen LogP contribution < -0.4 is 0 Å². The van der Waals surface area contributed by atoms with E-state index in [1.54, 1.807) is 11.1 Å². The Morgan fingerprint density at radius 1 is 1.03 bits per heavy atom. The quantitative estimate of drug-likeness (QED) is 0.698. The maximum atomic E-state index is 13.7. The van der Waals surface area contributed by atoms with Crippen LogP contribution in [-0.4, -0.2) is 51.2 Å². The van der Waals surface area contributed by atoms with Crippen LogP contribution in [0.3, 0.4) is 0 Å². The fraction of sp³-hybridized carbons (Fsp3) is 0.400. The topological polar surface area (TPSA) is 69.3 Å². The third-order valence-corrected chi connectivity index (χ3v) is 6.75. The number of hydrogen-bond acceptors (Lipinski definition) is 3. The summed E-state index contributed by atoms with van der Waals surface area (Å²) in [6.07, 6.45) is 8.11. The number of rotatable bonds is 4. The van der Waals surface area contributed by atoms with Crippen molar-refractivity contribution in [2.24, 2.45) is 0 Å². The molecule has 2 aliphatic heterocycles. The predicted octanol–water partition coefficient (Wildman–Crippen LogP) is 4.02. The molecule has 160 valence electrons. The molecular weight excluding hydrogens is 388 g/mol. The van der Waals surface area contributed by atoms with Crippen LogP contribution in [0.5, 0.6) is 0 Å². The minimum atomic E-state index is -0.511. The lowest BCUT2D eigenvalue weighted by atomic mass is 9.89. The van der Waals surface area contributed by atoms with E-state index in [0.717, 1.165) is 36.9 Å². The molecule has 1 N–H and O–H groups in total. The molecule has 0 spiro atoms. The number of pyridine rings is 1. The lowest BCUT2D eigenvalue weighted by Gasteiger charge is -2.39. The standard InChI is InChI=1S/C25H28N4O2/c30-22-10-4-5-14-29(22)23(19-7-2-1-3-8-19)25(31)28-15-11-18(12-16-28)21-17-27-24-20(21)9-6-13-26-24/h1-3,6-9,13,17-18,23H,4-5,10-12,14-16H2,(H,26,27). The lowest BCUT2D eigenvalue weighted by molar-refractivity contribution is -0.148. The first-order valence-corrected chi connectivity index (χ1v) is 11.3. The molecule has 2 fully saturated rings. The molecule has 3 aromatic rings. The van der Waals surface area contributed by atoms with Crippen LogP contribution in [0, 0.1) is 0 Å². The number of likely N-dealkylation sites (tertiary alicyclic amines) is 2. The number of aromatic nitrogens is 2. The van der Waals surface area contributed by atoms with E-state index in [2.05, 4.69) is 22.2 Å². The zero-order valence-corrected chi connectivity index (χ0v) is 17.7. The first-order valence-electron chi connectivity index (χ1n) is 11.3. The molecule has 2 amide bonds. The van der Waals surface area contributed by atoms with Crippen molar-refractivity contribution in [3.05, 3.63) is 66.0 Å². The van der Waals surface area contributed by atoms with Crippen molar-refractivity contribution < 1.29 is 9.59 Å². The molecule has 4 heterocycles. The highest BCUT2D eigenvalue weighted by Gasteiger charge is 2.36. The Morgan fingerprint density at radius 3 is 2.61 bits per heavy atom. The second-order valence-electron chi connectivity index (χ2n) is 8.60. The number of nitrogens with zero attached hydrogens (tertiary/aromatic N) is 3. The number of benzene rings is 1. The molecule has 0 radical (unpaired) electrons. The largest absolute Gasteiger partial charge is 0.346 e. The van der Waals surface area contributed by atoms with Crippen LogP contribution in [0.15, 0.2) is 54.9 Å². The van der Waals surface area contributed by atoms with Gasteiger partial charge in [0.05, 0.1) is 0 Å². The molecule has 2 aliphatic rings. The van der Waals surface area contributed by atoms with Crippen LogP contribution in [-0.2, 0) is 9.59 Å². The minimum absolute atomic E-state index is 0.0560. The average molecular weight is 417 g/mol. The lowest BCUT2D eigenvalue weighted by Crippen LogP contribution is -2.49. The van der Waals surface area contributed by atoms with Crippen molar-refractivity contribution in [2.45, 2.75) is 44.1 Å². The molecule has 2 aromatic heterocycles. The third-order valence-electron chi connectivity index (χ3n) is 6.75. The normalized spacial score (nSPS) is 19.0. The van der Waals surface area contributed by atoms with E-state index in [4.69, 9.17) is 0 Å². The number of fused-ring (bicyclic) bond motifs is 1. The number of carbonyl (C=O) groups is 2. The van der Waals surface area contributed by atoms with Gasteiger partial charge in [0.2, 0.25) is 11.8 Å². The number of carbonyl (C=O) groups excluding carboxylic acids is 2. The van der Waals surface area contributed by atoms with Crippen molar-refractivity contribution in [1.82, 2.24) is 19.8 Å². The Balaban J connectivity index is 1.34. The fourth-order valence-electron chi connectivity index (χ4n) is 5.09. The van der Waals surface area contributed by atoms with E-state index >= 15 is 0 Å². The van der Waals surface area contributed by atoms with E-state index < -0.39 is 6.04 Å². The minimum Gasteiger partial charge on any atom is -0.346 e. The molecule has 1 atom stereocenters. The highest BCUT2D eigenvalue weighted by Crippen LogP contribution is 2.34. The molecule has 1 unspecified atom stereocenters. The van der Waals surface area contributed by atoms with Gasteiger partial charge in [0, 0.05) is 43.8 Å². The van der Waals surface area contributed by atoms with Gasteiger partial charge in [0.1, 0.15) is 11.7 Å². The van der Waals surface area contributed by atoms with Crippen LogP contribution in [0.4, 0.5) is 0 Å². The van der Waals surface area contributed by atoms with Gasteiger partial charge >= 0.3 is 0 Å². The predicted molar refractivity (Wildman–Crippen MR) is 119 cm³/mol. The molecule has 0 saturated carbocycles. The van der Waals surface area contributed by atoms with Gasteiger partial charge in [-0.25, -0.2) is 4.98 Å². The maximum absolute atomic E-state index is 13.7. The highest BCUT2D eigenvalue weighted by molar-refractivity contribution is 5.89. The van der Waals surface area contributed by atoms with Gasteiger partial charge < -0.3 is 14.8 Å². The van der Waals surface area contributed by atoms with Crippen LogP contribution in [0.2, 0.25) is 0 Å². The van der Waals surface area contributed by atoms with Gasteiger partial charge in [-0.15, -0.1) is 0 Å². The van der Waals surface area contributed by atoms with E-state index in [1.807, 2.05) is 41.3 Å². The van der Waals surface area contributed by atoms with E-state index in [0.29, 0.717) is 32.0 Å². The Kier molecular flexibility index (Phi) is 5.45. The Bertz CT molecular complexity index is 1070. The number of piperidine rings is 2. The molecule has 0 aliphatic carbocycles. The molecule has 1 aromatic carbocycles. The summed E-state index contributed by atoms with van der Waals surface area (Å²) in [4.78, 5) is 37.8. The monoisotopic (exact) mass is 416 g/mol. The van der Waals surface area contributed by atoms with Crippen molar-refractivity contribution >= 4 is 22.8 Å². The van der Waals surface area contributed by atoms with Crippen molar-refractivity contribution in [2.75, 3.05) is 19.6 Å². The second kappa shape index (κ2) is 8.53. The summed E-state index contributed by atoms with van der Waals surface area (Å²) < 4.78 is 0. The molecule has 31 heavy (non-hydrogen) atoms. The van der Waals surface area contributed by atoms with Crippen molar-refractivity contribution in [3.8, 4) is 0 Å². The summed E-state index contributed by atoms with van der Waals surface area (Å²) in [7, 11) is 0. The van der Waals surface area contributed by atoms with Gasteiger partial charge in [0.25, 0.3) is 0 Å². The summed E-state index contributed by atoms with van der Waals surface area (Å²) in [5, 5.41) is 1.17. The van der Waals surface area contributed by atoms with E-state index in [-0.39, 0.29) is 11.8 Å². The van der Waals surface area contributed by atoms with Crippen molar-refractivity contribution in [3.63, 3.8) is 0 Å². The Hall–Kier alpha value is -3.15. The number of H-pyrrole nitrogens is 1. The Labute approximate surface area is 182 Å². The molecular formula is C25H28N4O2. The molecule has 6 nitrogen and oxygen atoms in total. The molecule has 5 rings (SSSR count). The first kappa shape index (κ1) is 19.8. The number of hydrogen-bond donors (Lipinski definition) is 1. The van der Waals surface area contributed by atoms with Gasteiger partial charge in [-0.2, -0.15) is 0 Å². The molecule has 6 heteroatoms.